The van der Waals surface area contributed by atoms with Crippen LogP contribution in [0.3, 0.4) is 0 Å². The largest absolute Gasteiger partial charge is 0.467 e. The fourth-order valence-corrected chi connectivity index (χ4v) is 4.16. The average molecular weight is 384 g/mol. The van der Waals surface area contributed by atoms with Crippen LogP contribution in [0.15, 0.2) is 59.0 Å². The number of furan rings is 1. The number of aryl methyl sites for hydroxylation is 1. The van der Waals surface area contributed by atoms with E-state index >= 15 is 0 Å². The number of aromatic nitrogens is 2. The molecule has 2 atom stereocenters. The van der Waals surface area contributed by atoms with Gasteiger partial charge in [-0.1, -0.05) is 6.07 Å². The monoisotopic (exact) mass is 384 g/mol. The summed E-state index contributed by atoms with van der Waals surface area (Å²) in [5.41, 5.74) is 0. The molecule has 4 heterocycles. The Labute approximate surface area is 159 Å². The van der Waals surface area contributed by atoms with Crippen LogP contribution >= 0.6 is 11.3 Å². The van der Waals surface area contributed by atoms with E-state index in [1.807, 2.05) is 23.3 Å². The predicted octanol–water partition coefficient (Wildman–Crippen LogP) is 2.00. The lowest BCUT2D eigenvalue weighted by molar-refractivity contribution is -0.695. The van der Waals surface area contributed by atoms with Crippen molar-refractivity contribution in [2.45, 2.75) is 19.0 Å². The highest BCUT2D eigenvalue weighted by molar-refractivity contribution is 7.12. The summed E-state index contributed by atoms with van der Waals surface area (Å²) in [5, 5.41) is 1.78. The maximum atomic E-state index is 12.9. The Morgan fingerprint density at radius 2 is 2.19 bits per heavy atom. The minimum absolute atomic E-state index is 0.327. The summed E-state index contributed by atoms with van der Waals surface area (Å²) >= 11 is 1.27. The maximum Gasteiger partial charge on any atom is 0.291 e. The summed E-state index contributed by atoms with van der Waals surface area (Å²) in [6.07, 6.45) is 7.67. The van der Waals surface area contributed by atoms with Crippen LogP contribution in [0.4, 0.5) is 0 Å². The molecule has 1 fully saturated rings. The zero-order valence-electron chi connectivity index (χ0n) is 14.4. The van der Waals surface area contributed by atoms with Crippen LogP contribution in [0.2, 0.25) is 0 Å². The minimum atomic E-state index is -1.07. The van der Waals surface area contributed by atoms with Crippen molar-refractivity contribution in [1.82, 2.24) is 9.88 Å². The SMILES string of the molecule is O=C1C(=O)N(CCC[n+]2cc[nH]c2)C(c2ccco2)C1C(=O)c1cccs1. The van der Waals surface area contributed by atoms with Crippen molar-refractivity contribution >= 4 is 28.8 Å². The standard InChI is InChI=1S/C19H17N3O4S/c23-17(14-5-2-11-27-14)15-16(13-4-1-10-26-13)22(19(25)18(15)24)8-3-7-21-9-6-20-12-21/h1-2,4-6,9-12,15-16H,3,7-8H2/p+1. The van der Waals surface area contributed by atoms with Gasteiger partial charge in [0.15, 0.2) is 5.78 Å². The number of nitrogens with zero attached hydrogens (tertiary/aromatic N) is 2. The van der Waals surface area contributed by atoms with Gasteiger partial charge in [0.2, 0.25) is 12.1 Å². The van der Waals surface area contributed by atoms with Crippen LogP contribution in [0, 0.1) is 5.92 Å². The lowest BCUT2D eigenvalue weighted by Crippen LogP contribution is -2.36. The number of Topliss-reactive ketones (excluding diaryl/α,β-unsaturated/α-hetero) is 2. The number of ketones is 2. The van der Waals surface area contributed by atoms with Crippen molar-refractivity contribution in [2.75, 3.05) is 6.54 Å². The Morgan fingerprint density at radius 3 is 2.85 bits per heavy atom. The fraction of sp³-hybridized carbons (Fsp3) is 0.263. The maximum absolute atomic E-state index is 12.9. The van der Waals surface area contributed by atoms with Crippen LogP contribution in [0.5, 0.6) is 0 Å². The van der Waals surface area contributed by atoms with Gasteiger partial charge >= 0.3 is 0 Å². The molecule has 1 saturated heterocycles. The second-order valence-electron chi connectivity index (χ2n) is 6.35. The second kappa shape index (κ2) is 7.32. The number of hydrogen-bond donors (Lipinski definition) is 1. The zero-order chi connectivity index (χ0) is 18.8. The lowest BCUT2D eigenvalue weighted by atomic mass is 9.91. The molecule has 0 aromatic carbocycles. The third-order valence-corrected chi connectivity index (χ3v) is 5.59. The Bertz CT molecular complexity index is 932. The van der Waals surface area contributed by atoms with Crippen molar-refractivity contribution < 1.29 is 23.4 Å². The highest BCUT2D eigenvalue weighted by atomic mass is 32.1. The summed E-state index contributed by atoms with van der Waals surface area (Å²) in [6.45, 7) is 1.05. The minimum Gasteiger partial charge on any atom is -0.467 e. The van der Waals surface area contributed by atoms with Gasteiger partial charge in [0.1, 0.15) is 30.1 Å². The van der Waals surface area contributed by atoms with Gasteiger partial charge in [-0.3, -0.25) is 19.4 Å². The second-order valence-corrected chi connectivity index (χ2v) is 7.29. The molecular formula is C19H18N3O4S+. The molecule has 138 valence electrons. The number of thiophene rings is 1. The zero-order valence-corrected chi connectivity index (χ0v) is 15.2. The van der Waals surface area contributed by atoms with Gasteiger partial charge in [-0.15, -0.1) is 11.3 Å². The number of aromatic amines is 1. The van der Waals surface area contributed by atoms with Gasteiger partial charge in [0, 0.05) is 13.0 Å². The number of likely N-dealkylation sites (tertiary alicyclic amines) is 1. The summed E-state index contributed by atoms with van der Waals surface area (Å²) in [4.78, 5) is 43.2. The van der Waals surface area contributed by atoms with Crippen LogP contribution in [-0.4, -0.2) is 33.9 Å². The highest BCUT2D eigenvalue weighted by Crippen LogP contribution is 2.38. The normalized spacial score (nSPS) is 19.8. The third kappa shape index (κ3) is 3.23. The first-order chi connectivity index (χ1) is 13.2. The number of imidazole rings is 1. The van der Waals surface area contributed by atoms with Gasteiger partial charge < -0.3 is 9.32 Å². The highest BCUT2D eigenvalue weighted by Gasteiger charge is 2.52. The van der Waals surface area contributed by atoms with Crippen molar-refractivity contribution in [2.24, 2.45) is 5.92 Å². The van der Waals surface area contributed by atoms with Gasteiger partial charge in [-0.2, -0.15) is 0 Å². The van der Waals surface area contributed by atoms with Crippen molar-refractivity contribution in [3.05, 3.63) is 65.3 Å². The van der Waals surface area contributed by atoms with Crippen LogP contribution < -0.4 is 4.57 Å². The van der Waals surface area contributed by atoms with Gasteiger partial charge in [-0.25, -0.2) is 4.57 Å². The van der Waals surface area contributed by atoms with Crippen LogP contribution in [0.25, 0.3) is 0 Å². The molecule has 1 amide bonds. The molecule has 1 aliphatic rings. The molecule has 3 aromatic heterocycles. The van der Waals surface area contributed by atoms with Crippen LogP contribution in [-0.2, 0) is 16.1 Å². The summed E-state index contributed by atoms with van der Waals surface area (Å²) in [6, 6.07) is 6.13. The van der Waals surface area contributed by atoms with E-state index in [9.17, 15) is 14.4 Å². The first kappa shape index (κ1) is 17.4. The van der Waals surface area contributed by atoms with E-state index in [1.54, 1.807) is 29.6 Å². The van der Waals surface area contributed by atoms with E-state index in [-0.39, 0.29) is 5.78 Å². The quantitative estimate of drug-likeness (QED) is 0.292. The predicted molar refractivity (Wildman–Crippen MR) is 95.9 cm³/mol. The molecule has 2 unspecified atom stereocenters. The summed E-state index contributed by atoms with van der Waals surface area (Å²) < 4.78 is 7.45. The topological polar surface area (TPSA) is 87.3 Å². The molecule has 4 rings (SSSR count). The summed E-state index contributed by atoms with van der Waals surface area (Å²) in [7, 11) is 0. The number of hydrogen-bond acceptors (Lipinski definition) is 5. The molecule has 3 aromatic rings. The van der Waals surface area contributed by atoms with E-state index in [1.165, 1.54) is 22.5 Å². The lowest BCUT2D eigenvalue weighted by Gasteiger charge is -2.24. The number of nitrogens with one attached hydrogen (secondary N) is 1. The van der Waals surface area contributed by atoms with Crippen LogP contribution in [0.1, 0.15) is 27.9 Å². The first-order valence-electron chi connectivity index (χ1n) is 8.64. The van der Waals surface area contributed by atoms with E-state index in [2.05, 4.69) is 4.98 Å². The Morgan fingerprint density at radius 1 is 1.30 bits per heavy atom. The van der Waals surface area contributed by atoms with Gasteiger partial charge in [0.05, 0.1) is 17.7 Å². The molecule has 0 bridgehead atoms. The number of carbonyl (C=O) groups is 3. The van der Waals surface area contributed by atoms with E-state index in [0.29, 0.717) is 30.1 Å². The van der Waals surface area contributed by atoms with Gasteiger partial charge in [0.25, 0.3) is 5.91 Å². The molecular weight excluding hydrogens is 366 g/mol. The third-order valence-electron chi connectivity index (χ3n) is 4.70. The molecule has 0 saturated carbocycles. The Kier molecular flexibility index (Phi) is 4.72. The molecule has 8 heteroatoms. The number of rotatable bonds is 7. The van der Waals surface area contributed by atoms with E-state index in [4.69, 9.17) is 4.42 Å². The molecule has 0 aliphatic carbocycles. The number of amides is 1. The molecule has 1 aliphatic heterocycles. The Hall–Kier alpha value is -3.00. The fourth-order valence-electron chi connectivity index (χ4n) is 3.46. The molecule has 0 spiro atoms. The average Bonchev–Trinajstić information content (AvgIpc) is 3.45. The smallest absolute Gasteiger partial charge is 0.291 e. The molecule has 0 radical (unpaired) electrons. The van der Waals surface area contributed by atoms with E-state index in [0.717, 1.165) is 0 Å². The molecule has 27 heavy (non-hydrogen) atoms. The van der Waals surface area contributed by atoms with Crippen molar-refractivity contribution in [1.29, 1.82) is 0 Å². The first-order valence-corrected chi connectivity index (χ1v) is 9.52. The number of H-pyrrole nitrogens is 1. The summed E-state index contributed by atoms with van der Waals surface area (Å²) in [5.74, 6) is -2.22. The molecule has 1 N–H and O–H groups in total. The van der Waals surface area contributed by atoms with E-state index < -0.39 is 23.7 Å². The van der Waals surface area contributed by atoms with Crippen molar-refractivity contribution in [3.63, 3.8) is 0 Å². The van der Waals surface area contributed by atoms with Crippen molar-refractivity contribution in [3.8, 4) is 0 Å². The number of carbonyl (C=O) groups excluding carboxylic acids is 3. The molecule has 7 nitrogen and oxygen atoms in total. The Balaban J connectivity index is 1.60. The van der Waals surface area contributed by atoms with Gasteiger partial charge in [-0.05, 0) is 23.6 Å².